The van der Waals surface area contributed by atoms with Gasteiger partial charge in [0.2, 0.25) is 0 Å². The van der Waals surface area contributed by atoms with Gasteiger partial charge < -0.3 is 14.2 Å². The first-order valence-electron chi connectivity index (χ1n) is 5.28. The molecular weight excluding hydrogens is 168 g/mol. The normalized spacial score (nSPS) is 49.8. The van der Waals surface area contributed by atoms with E-state index >= 15 is 0 Å². The molecule has 3 unspecified atom stereocenters. The number of hydrogen-bond donors (Lipinski definition) is 0. The van der Waals surface area contributed by atoms with Gasteiger partial charge in [0.05, 0.1) is 25.9 Å². The molecule has 0 radical (unpaired) electrons. The van der Waals surface area contributed by atoms with Crippen LogP contribution in [0, 0.1) is 5.92 Å². The minimum atomic E-state index is -0.213. The zero-order chi connectivity index (χ0) is 8.73. The Balaban J connectivity index is 1.73. The molecule has 3 aliphatic rings. The maximum atomic E-state index is 6.01. The smallest absolute Gasteiger partial charge is 0.168 e. The summed E-state index contributed by atoms with van der Waals surface area (Å²) in [4.78, 5) is 0. The summed E-state index contributed by atoms with van der Waals surface area (Å²) < 4.78 is 17.1. The number of rotatable bonds is 0. The van der Waals surface area contributed by atoms with Gasteiger partial charge in [0.25, 0.3) is 0 Å². The molecule has 3 aliphatic heterocycles. The largest absolute Gasteiger partial charge is 0.378 e. The maximum absolute atomic E-state index is 6.01. The quantitative estimate of drug-likeness (QED) is 0.568. The van der Waals surface area contributed by atoms with Crippen LogP contribution in [0.5, 0.6) is 0 Å². The summed E-state index contributed by atoms with van der Waals surface area (Å²) in [5.41, 5.74) is 0. The fourth-order valence-corrected chi connectivity index (χ4v) is 2.68. The standard InChI is InChI=1S/C10H16O3/c1-3-10(12-5-1)4-2-8-6-11-7-9(8)13-10/h8-9H,1-7H2. The van der Waals surface area contributed by atoms with Crippen molar-refractivity contribution in [2.24, 2.45) is 5.92 Å². The highest BCUT2D eigenvalue weighted by atomic mass is 16.7. The molecule has 0 bridgehead atoms. The molecule has 0 aromatic heterocycles. The van der Waals surface area contributed by atoms with Gasteiger partial charge in [0.15, 0.2) is 5.79 Å². The third-order valence-corrected chi connectivity index (χ3v) is 3.47. The predicted octanol–water partition coefficient (Wildman–Crippen LogP) is 1.32. The average Bonchev–Trinajstić information content (AvgIpc) is 2.74. The maximum Gasteiger partial charge on any atom is 0.168 e. The summed E-state index contributed by atoms with van der Waals surface area (Å²) >= 11 is 0. The molecule has 0 amide bonds. The zero-order valence-corrected chi connectivity index (χ0v) is 7.83. The van der Waals surface area contributed by atoms with Crippen molar-refractivity contribution >= 4 is 0 Å². The minimum Gasteiger partial charge on any atom is -0.378 e. The van der Waals surface area contributed by atoms with Crippen LogP contribution in [-0.4, -0.2) is 31.7 Å². The van der Waals surface area contributed by atoms with Crippen LogP contribution in [0.15, 0.2) is 0 Å². The fraction of sp³-hybridized carbons (Fsp3) is 1.00. The Bertz CT molecular complexity index is 198. The lowest BCUT2D eigenvalue weighted by Gasteiger charge is -2.38. The Morgan fingerprint density at radius 1 is 1.15 bits per heavy atom. The third-order valence-electron chi connectivity index (χ3n) is 3.47. The molecule has 3 nitrogen and oxygen atoms in total. The Morgan fingerprint density at radius 2 is 2.15 bits per heavy atom. The Morgan fingerprint density at radius 3 is 3.00 bits per heavy atom. The van der Waals surface area contributed by atoms with E-state index in [1.165, 1.54) is 6.42 Å². The topological polar surface area (TPSA) is 27.7 Å². The van der Waals surface area contributed by atoms with Crippen molar-refractivity contribution in [3.05, 3.63) is 0 Å². The molecule has 74 valence electrons. The lowest BCUT2D eigenvalue weighted by atomic mass is 9.91. The first-order valence-corrected chi connectivity index (χ1v) is 5.28. The molecule has 0 aromatic carbocycles. The van der Waals surface area contributed by atoms with Gasteiger partial charge >= 0.3 is 0 Å². The molecule has 3 heteroatoms. The molecule has 0 aliphatic carbocycles. The van der Waals surface area contributed by atoms with Crippen molar-refractivity contribution in [3.63, 3.8) is 0 Å². The number of ether oxygens (including phenoxy) is 3. The average molecular weight is 184 g/mol. The van der Waals surface area contributed by atoms with E-state index in [0.29, 0.717) is 12.0 Å². The van der Waals surface area contributed by atoms with E-state index in [0.717, 1.165) is 39.1 Å². The molecule has 0 saturated carbocycles. The van der Waals surface area contributed by atoms with Gasteiger partial charge in [-0.3, -0.25) is 0 Å². The second kappa shape index (κ2) is 2.94. The predicted molar refractivity (Wildman–Crippen MR) is 46.3 cm³/mol. The Labute approximate surface area is 78.3 Å². The van der Waals surface area contributed by atoms with E-state index in [9.17, 15) is 0 Å². The summed E-state index contributed by atoms with van der Waals surface area (Å²) in [5.74, 6) is 0.421. The number of hydrogen-bond acceptors (Lipinski definition) is 3. The Hall–Kier alpha value is -0.120. The van der Waals surface area contributed by atoms with Crippen LogP contribution in [0.4, 0.5) is 0 Å². The summed E-state index contributed by atoms with van der Waals surface area (Å²) in [5, 5.41) is 0. The van der Waals surface area contributed by atoms with E-state index < -0.39 is 0 Å². The van der Waals surface area contributed by atoms with Gasteiger partial charge in [-0.25, -0.2) is 0 Å². The van der Waals surface area contributed by atoms with E-state index in [2.05, 4.69) is 0 Å². The highest BCUT2D eigenvalue weighted by Crippen LogP contribution is 2.41. The highest BCUT2D eigenvalue weighted by Gasteiger charge is 2.46. The summed E-state index contributed by atoms with van der Waals surface area (Å²) in [6, 6.07) is 0. The van der Waals surface area contributed by atoms with Crippen LogP contribution in [0.2, 0.25) is 0 Å². The molecule has 3 atom stereocenters. The van der Waals surface area contributed by atoms with Crippen LogP contribution >= 0.6 is 0 Å². The fourth-order valence-electron chi connectivity index (χ4n) is 2.68. The van der Waals surface area contributed by atoms with Crippen LogP contribution in [0.25, 0.3) is 0 Å². The van der Waals surface area contributed by atoms with Gasteiger partial charge in [-0.1, -0.05) is 0 Å². The van der Waals surface area contributed by atoms with Gasteiger partial charge in [0.1, 0.15) is 0 Å². The molecular formula is C10H16O3. The molecule has 13 heavy (non-hydrogen) atoms. The minimum absolute atomic E-state index is 0.213. The highest BCUT2D eigenvalue weighted by molar-refractivity contribution is 4.88. The first kappa shape index (κ1) is 8.21. The Kier molecular flexibility index (Phi) is 1.86. The monoisotopic (exact) mass is 184 g/mol. The summed E-state index contributed by atoms with van der Waals surface area (Å²) in [6.45, 7) is 2.54. The lowest BCUT2D eigenvalue weighted by Crippen LogP contribution is -2.44. The van der Waals surface area contributed by atoms with Crippen molar-refractivity contribution in [1.82, 2.24) is 0 Å². The van der Waals surface area contributed by atoms with E-state index in [-0.39, 0.29) is 5.79 Å². The van der Waals surface area contributed by atoms with Crippen LogP contribution in [-0.2, 0) is 14.2 Å². The molecule has 3 heterocycles. The van der Waals surface area contributed by atoms with Crippen molar-refractivity contribution < 1.29 is 14.2 Å². The van der Waals surface area contributed by atoms with E-state index in [1.54, 1.807) is 0 Å². The molecule has 3 rings (SSSR count). The third kappa shape index (κ3) is 1.30. The SMILES string of the molecule is C1COC2(C1)CCC1COCC1O2. The molecule has 0 aromatic rings. The van der Waals surface area contributed by atoms with Gasteiger partial charge in [-0.2, -0.15) is 0 Å². The van der Waals surface area contributed by atoms with Crippen LogP contribution < -0.4 is 0 Å². The zero-order valence-electron chi connectivity index (χ0n) is 7.83. The molecule has 3 saturated heterocycles. The van der Waals surface area contributed by atoms with Gasteiger partial charge in [-0.05, 0) is 12.8 Å². The van der Waals surface area contributed by atoms with E-state index in [1.807, 2.05) is 0 Å². The van der Waals surface area contributed by atoms with Crippen molar-refractivity contribution in [2.45, 2.75) is 37.6 Å². The van der Waals surface area contributed by atoms with Crippen LogP contribution in [0.1, 0.15) is 25.7 Å². The lowest BCUT2D eigenvalue weighted by molar-refractivity contribution is -0.263. The van der Waals surface area contributed by atoms with Crippen molar-refractivity contribution in [2.75, 3.05) is 19.8 Å². The first-order chi connectivity index (χ1) is 6.38. The molecule has 0 N–H and O–H groups in total. The van der Waals surface area contributed by atoms with Crippen molar-refractivity contribution in [3.8, 4) is 0 Å². The summed E-state index contributed by atoms with van der Waals surface area (Å²) in [6.07, 6.45) is 4.82. The van der Waals surface area contributed by atoms with Crippen molar-refractivity contribution in [1.29, 1.82) is 0 Å². The number of fused-ring (bicyclic) bond motifs is 1. The van der Waals surface area contributed by atoms with E-state index in [4.69, 9.17) is 14.2 Å². The second-order valence-corrected chi connectivity index (χ2v) is 4.36. The van der Waals surface area contributed by atoms with Crippen LogP contribution in [0.3, 0.4) is 0 Å². The second-order valence-electron chi connectivity index (χ2n) is 4.36. The van der Waals surface area contributed by atoms with Gasteiger partial charge in [-0.15, -0.1) is 0 Å². The molecule has 3 fully saturated rings. The van der Waals surface area contributed by atoms with Gasteiger partial charge in [0, 0.05) is 18.8 Å². The molecule has 1 spiro atoms. The summed E-state index contributed by atoms with van der Waals surface area (Å²) in [7, 11) is 0.